The highest BCUT2D eigenvalue weighted by Crippen LogP contribution is 2.33. The number of benzene rings is 2. The lowest BCUT2D eigenvalue weighted by Crippen LogP contribution is -2.48. The summed E-state index contributed by atoms with van der Waals surface area (Å²) in [5.74, 6) is 0.446. The molecule has 1 unspecified atom stereocenters. The first kappa shape index (κ1) is 25.6. The number of hydrogen-bond acceptors (Lipinski definition) is 5. The molecule has 2 aromatic carbocycles. The van der Waals surface area contributed by atoms with E-state index < -0.39 is 17.9 Å². The number of aryl methyl sites for hydroxylation is 1. The molecule has 1 saturated heterocycles. The van der Waals surface area contributed by atoms with Crippen molar-refractivity contribution in [3.63, 3.8) is 0 Å². The van der Waals surface area contributed by atoms with E-state index in [1.165, 1.54) is 6.07 Å². The second-order valence-electron chi connectivity index (χ2n) is 10.8. The zero-order valence-electron chi connectivity index (χ0n) is 22.4. The molecule has 1 atom stereocenters. The van der Waals surface area contributed by atoms with Crippen LogP contribution in [0.15, 0.2) is 71.8 Å². The minimum absolute atomic E-state index is 0.182. The van der Waals surface area contributed by atoms with Crippen molar-refractivity contribution in [1.82, 2.24) is 19.2 Å². The molecule has 198 valence electrons. The van der Waals surface area contributed by atoms with Crippen LogP contribution in [0, 0.1) is 0 Å². The molecular weight excluding hydrogens is 480 g/mol. The lowest BCUT2D eigenvalue weighted by atomic mass is 10.0. The Morgan fingerprint density at radius 1 is 1.08 bits per heavy atom. The third-order valence-corrected chi connectivity index (χ3v) is 6.66. The third kappa shape index (κ3) is 5.59. The van der Waals surface area contributed by atoms with Gasteiger partial charge in [0.1, 0.15) is 11.4 Å². The predicted molar refractivity (Wildman–Crippen MR) is 147 cm³/mol. The summed E-state index contributed by atoms with van der Waals surface area (Å²) < 4.78 is 15.6. The van der Waals surface area contributed by atoms with Crippen molar-refractivity contribution in [2.75, 3.05) is 6.54 Å². The van der Waals surface area contributed by atoms with Crippen molar-refractivity contribution in [3.8, 4) is 16.9 Å². The number of ether oxygens (including phenoxy) is 2. The molecule has 1 amide bonds. The van der Waals surface area contributed by atoms with Gasteiger partial charge in [-0.15, -0.1) is 0 Å². The Morgan fingerprint density at radius 2 is 1.87 bits per heavy atom. The normalized spacial score (nSPS) is 16.0. The average Bonchev–Trinajstić information content (AvgIpc) is 3.28. The van der Waals surface area contributed by atoms with E-state index in [-0.39, 0.29) is 5.56 Å². The fourth-order valence-corrected chi connectivity index (χ4v) is 4.75. The summed E-state index contributed by atoms with van der Waals surface area (Å²) in [4.78, 5) is 27.2. The summed E-state index contributed by atoms with van der Waals surface area (Å²) in [5, 5.41) is 5.63. The summed E-state index contributed by atoms with van der Waals surface area (Å²) >= 11 is 0. The quantitative estimate of drug-likeness (QED) is 0.348. The van der Waals surface area contributed by atoms with Crippen LogP contribution in [0.2, 0.25) is 0 Å². The fourth-order valence-electron chi connectivity index (χ4n) is 4.75. The third-order valence-electron chi connectivity index (χ3n) is 6.66. The Hall–Kier alpha value is -4.07. The summed E-state index contributed by atoms with van der Waals surface area (Å²) in [6, 6.07) is 17.8. The Labute approximate surface area is 222 Å². The van der Waals surface area contributed by atoms with Crippen LogP contribution < -0.4 is 10.3 Å². The predicted octanol–water partition coefficient (Wildman–Crippen LogP) is 5.58. The maximum atomic E-state index is 12.9. The Kier molecular flexibility index (Phi) is 6.97. The van der Waals surface area contributed by atoms with Gasteiger partial charge in [-0.3, -0.25) is 14.4 Å². The van der Waals surface area contributed by atoms with E-state index in [9.17, 15) is 9.59 Å². The van der Waals surface area contributed by atoms with Crippen LogP contribution in [0.5, 0.6) is 5.75 Å². The van der Waals surface area contributed by atoms with E-state index >= 15 is 0 Å². The van der Waals surface area contributed by atoms with Gasteiger partial charge in [0.05, 0.1) is 18.3 Å². The largest absolute Gasteiger partial charge is 0.469 e. The lowest BCUT2D eigenvalue weighted by Gasteiger charge is -2.36. The van der Waals surface area contributed by atoms with Crippen LogP contribution in [0.1, 0.15) is 45.6 Å². The zero-order valence-corrected chi connectivity index (χ0v) is 22.4. The number of rotatable bonds is 5. The summed E-state index contributed by atoms with van der Waals surface area (Å²) in [6.45, 7) is 6.74. The van der Waals surface area contributed by atoms with Crippen LogP contribution >= 0.6 is 0 Å². The molecule has 0 bridgehead atoms. The van der Waals surface area contributed by atoms with Crippen molar-refractivity contribution in [1.29, 1.82) is 0 Å². The van der Waals surface area contributed by atoms with Crippen molar-refractivity contribution < 1.29 is 14.3 Å². The van der Waals surface area contributed by atoms with E-state index in [1.807, 2.05) is 62.0 Å². The second kappa shape index (κ2) is 10.4. The van der Waals surface area contributed by atoms with Crippen molar-refractivity contribution >= 4 is 17.0 Å². The van der Waals surface area contributed by atoms with Crippen molar-refractivity contribution in [3.05, 3.63) is 82.9 Å². The van der Waals surface area contributed by atoms with Crippen LogP contribution in [-0.4, -0.2) is 43.7 Å². The highest BCUT2D eigenvalue weighted by Gasteiger charge is 2.32. The van der Waals surface area contributed by atoms with Gasteiger partial charge in [-0.05, 0) is 50.8 Å². The molecule has 1 aliphatic heterocycles. The minimum Gasteiger partial charge on any atom is -0.469 e. The SMILES string of the molecule is Cn1cc(-c2ccc3cnn(Cc4ccccc4)c3c2)c(OC2CCCCN2C(=O)OC(C)(C)C)cc1=O. The van der Waals surface area contributed by atoms with Gasteiger partial charge in [-0.2, -0.15) is 5.10 Å². The monoisotopic (exact) mass is 514 g/mol. The number of hydrogen-bond donors (Lipinski definition) is 0. The van der Waals surface area contributed by atoms with E-state index in [0.717, 1.165) is 40.4 Å². The Bertz CT molecular complexity index is 1500. The standard InChI is InChI=1S/C30H34N4O4/c1-30(2,3)38-29(36)33-15-9-8-12-28(33)37-26-17-27(35)32(4)20-24(26)22-13-14-23-18-31-34(25(23)16-22)19-21-10-6-5-7-11-21/h5-7,10-11,13-14,16-18,20,28H,8-9,12,15,19H2,1-4H3. The summed E-state index contributed by atoms with van der Waals surface area (Å²) in [7, 11) is 1.72. The molecule has 4 aromatic rings. The van der Waals surface area contributed by atoms with Gasteiger partial charge in [0.2, 0.25) is 0 Å². The topological polar surface area (TPSA) is 78.6 Å². The van der Waals surface area contributed by atoms with Crippen LogP contribution in [0.25, 0.3) is 22.0 Å². The molecule has 2 aromatic heterocycles. The highest BCUT2D eigenvalue weighted by molar-refractivity contribution is 5.85. The number of fused-ring (bicyclic) bond motifs is 1. The van der Waals surface area contributed by atoms with Gasteiger partial charge < -0.3 is 14.0 Å². The number of likely N-dealkylation sites (tertiary alicyclic amines) is 1. The summed E-state index contributed by atoms with van der Waals surface area (Å²) in [5.41, 5.74) is 3.03. The number of piperidine rings is 1. The lowest BCUT2D eigenvalue weighted by molar-refractivity contribution is -0.0340. The second-order valence-corrected chi connectivity index (χ2v) is 10.8. The first-order valence-corrected chi connectivity index (χ1v) is 13.0. The van der Waals surface area contributed by atoms with E-state index in [0.29, 0.717) is 25.3 Å². The van der Waals surface area contributed by atoms with Gasteiger partial charge in [-0.25, -0.2) is 4.79 Å². The maximum Gasteiger partial charge on any atom is 0.413 e. The van der Waals surface area contributed by atoms with Crippen molar-refractivity contribution in [2.45, 2.75) is 58.4 Å². The number of aromatic nitrogens is 3. The van der Waals surface area contributed by atoms with Crippen LogP contribution in [0.3, 0.4) is 0 Å². The molecule has 0 spiro atoms. The van der Waals surface area contributed by atoms with Crippen molar-refractivity contribution in [2.24, 2.45) is 7.05 Å². The number of nitrogens with zero attached hydrogens (tertiary/aromatic N) is 4. The molecule has 1 aliphatic rings. The van der Waals surface area contributed by atoms with Crippen LogP contribution in [0.4, 0.5) is 4.79 Å². The molecule has 3 heterocycles. The minimum atomic E-state index is -0.606. The van der Waals surface area contributed by atoms with Crippen LogP contribution in [-0.2, 0) is 18.3 Å². The number of carbonyl (C=O) groups excluding carboxylic acids is 1. The van der Waals surface area contributed by atoms with E-state index in [2.05, 4.69) is 23.3 Å². The number of amides is 1. The molecule has 0 N–H and O–H groups in total. The first-order valence-electron chi connectivity index (χ1n) is 13.0. The average molecular weight is 515 g/mol. The Morgan fingerprint density at radius 3 is 2.63 bits per heavy atom. The number of pyridine rings is 1. The zero-order chi connectivity index (χ0) is 26.9. The Balaban J connectivity index is 1.50. The molecule has 8 heteroatoms. The fraction of sp³-hybridized carbons (Fsp3) is 0.367. The van der Waals surface area contributed by atoms with E-state index in [4.69, 9.17) is 9.47 Å². The van der Waals surface area contributed by atoms with Gasteiger partial charge in [0.25, 0.3) is 5.56 Å². The number of carbonyl (C=O) groups is 1. The highest BCUT2D eigenvalue weighted by atomic mass is 16.6. The first-order chi connectivity index (χ1) is 18.2. The molecule has 0 saturated carbocycles. The summed E-state index contributed by atoms with van der Waals surface area (Å²) in [6.07, 6.45) is 5.20. The molecule has 0 radical (unpaired) electrons. The molecule has 38 heavy (non-hydrogen) atoms. The smallest absolute Gasteiger partial charge is 0.413 e. The van der Waals surface area contributed by atoms with Gasteiger partial charge in [0, 0.05) is 43.2 Å². The molecule has 0 aliphatic carbocycles. The van der Waals surface area contributed by atoms with Gasteiger partial charge in [0.15, 0.2) is 6.23 Å². The molecule has 1 fully saturated rings. The molecular formula is C30H34N4O4. The van der Waals surface area contributed by atoms with E-state index in [1.54, 1.807) is 22.7 Å². The molecule has 5 rings (SSSR count). The van der Waals surface area contributed by atoms with Gasteiger partial charge in [-0.1, -0.05) is 42.5 Å². The maximum absolute atomic E-state index is 12.9. The van der Waals surface area contributed by atoms with Gasteiger partial charge >= 0.3 is 6.09 Å². The molecule has 8 nitrogen and oxygen atoms in total.